The molecular weight excluding hydrogens is 221 g/mol. The molecule has 15 heavy (non-hydrogen) atoms. The van der Waals surface area contributed by atoms with E-state index < -0.39 is 11.8 Å². The Bertz CT molecular complexity index is 370. The number of benzene rings is 1. The Hall–Kier alpha value is -1.29. The number of anilines is 1. The van der Waals surface area contributed by atoms with Crippen molar-refractivity contribution in [1.82, 2.24) is 0 Å². The molecule has 0 bridgehead atoms. The maximum absolute atomic E-state index is 12.9. The number of aliphatic carboxylic acids is 1. The van der Waals surface area contributed by atoms with E-state index in [2.05, 4.69) is 0 Å². The molecule has 5 heteroatoms. The minimum atomic E-state index is -0.933. The average molecular weight is 232 g/mol. The molecule has 0 aliphatic carbocycles. The molecule has 0 saturated heterocycles. The van der Waals surface area contributed by atoms with Gasteiger partial charge in [-0.15, -0.1) is 0 Å². The number of halogens is 2. The minimum Gasteiger partial charge on any atom is -0.480 e. The number of rotatable bonds is 4. The summed E-state index contributed by atoms with van der Waals surface area (Å²) in [6, 6.07) is 4.15. The zero-order valence-electron chi connectivity index (χ0n) is 8.20. The Kier molecular flexibility index (Phi) is 3.91. The molecule has 0 saturated carbocycles. The first-order valence-electron chi connectivity index (χ1n) is 4.46. The third-order valence-electron chi connectivity index (χ3n) is 1.98. The molecule has 1 N–H and O–H groups in total. The molecule has 1 aromatic carbocycles. The Labute approximate surface area is 92.1 Å². The minimum absolute atomic E-state index is 0.00339. The van der Waals surface area contributed by atoms with Gasteiger partial charge >= 0.3 is 5.97 Å². The van der Waals surface area contributed by atoms with Gasteiger partial charge in [-0.3, -0.25) is 4.79 Å². The van der Waals surface area contributed by atoms with Crippen LogP contribution < -0.4 is 4.90 Å². The summed E-state index contributed by atoms with van der Waals surface area (Å²) >= 11 is 5.60. The van der Waals surface area contributed by atoms with Crippen molar-refractivity contribution in [1.29, 1.82) is 0 Å². The van der Waals surface area contributed by atoms with Crippen LogP contribution in [0.4, 0.5) is 10.1 Å². The van der Waals surface area contributed by atoms with Gasteiger partial charge in [0.25, 0.3) is 0 Å². The van der Waals surface area contributed by atoms with Crippen LogP contribution in [-0.4, -0.2) is 24.2 Å². The Morgan fingerprint density at radius 2 is 2.27 bits per heavy atom. The molecule has 1 aromatic rings. The Balaban J connectivity index is 2.92. The summed E-state index contributed by atoms with van der Waals surface area (Å²) in [5, 5.41) is 8.65. The maximum atomic E-state index is 12.9. The lowest BCUT2D eigenvalue weighted by molar-refractivity contribution is -0.135. The summed E-state index contributed by atoms with van der Waals surface area (Å²) in [5.74, 6) is -1.44. The van der Waals surface area contributed by atoms with E-state index in [1.54, 1.807) is 4.90 Å². The summed E-state index contributed by atoms with van der Waals surface area (Å²) < 4.78 is 12.9. The fourth-order valence-corrected chi connectivity index (χ4v) is 1.41. The van der Waals surface area contributed by atoms with Gasteiger partial charge in [-0.25, -0.2) is 4.39 Å². The van der Waals surface area contributed by atoms with Gasteiger partial charge in [0.1, 0.15) is 12.4 Å². The van der Waals surface area contributed by atoms with Crippen molar-refractivity contribution in [2.24, 2.45) is 0 Å². The molecule has 0 aromatic heterocycles. The average Bonchev–Trinajstić information content (AvgIpc) is 2.18. The Morgan fingerprint density at radius 3 is 2.73 bits per heavy atom. The topological polar surface area (TPSA) is 40.5 Å². The predicted molar refractivity (Wildman–Crippen MR) is 56.9 cm³/mol. The fraction of sp³-hybridized carbons (Fsp3) is 0.300. The van der Waals surface area contributed by atoms with E-state index in [1.165, 1.54) is 18.2 Å². The Morgan fingerprint density at radius 1 is 1.60 bits per heavy atom. The van der Waals surface area contributed by atoms with E-state index in [0.717, 1.165) is 0 Å². The van der Waals surface area contributed by atoms with Crippen LogP contribution in [0.5, 0.6) is 0 Å². The van der Waals surface area contributed by atoms with Crippen LogP contribution in [0.1, 0.15) is 6.92 Å². The van der Waals surface area contributed by atoms with Crippen molar-refractivity contribution in [3.8, 4) is 0 Å². The largest absolute Gasteiger partial charge is 0.480 e. The second kappa shape index (κ2) is 4.98. The van der Waals surface area contributed by atoms with E-state index in [1.807, 2.05) is 6.92 Å². The number of carbonyl (C=O) groups is 1. The van der Waals surface area contributed by atoms with Gasteiger partial charge in [0.15, 0.2) is 0 Å². The lowest BCUT2D eigenvalue weighted by atomic mass is 10.2. The first kappa shape index (κ1) is 11.8. The standard InChI is InChI=1S/C10H11ClFNO2/c1-2-13(6-10(14)15)7-3-4-9(12)8(11)5-7/h3-5H,2,6H2,1H3,(H,14,15). The van der Waals surface area contributed by atoms with Gasteiger partial charge in [0.2, 0.25) is 0 Å². The van der Waals surface area contributed by atoms with E-state index >= 15 is 0 Å². The summed E-state index contributed by atoms with van der Waals surface area (Å²) in [6.07, 6.45) is 0. The third kappa shape index (κ3) is 3.09. The van der Waals surface area contributed by atoms with Crippen LogP contribution in [0, 0.1) is 5.82 Å². The van der Waals surface area contributed by atoms with Crippen LogP contribution in [-0.2, 0) is 4.79 Å². The molecule has 0 spiro atoms. The highest BCUT2D eigenvalue weighted by Crippen LogP contribution is 2.22. The van der Waals surface area contributed by atoms with Gasteiger partial charge in [0, 0.05) is 12.2 Å². The van der Waals surface area contributed by atoms with Crippen molar-refractivity contribution >= 4 is 23.3 Å². The van der Waals surface area contributed by atoms with E-state index in [0.29, 0.717) is 12.2 Å². The predicted octanol–water partition coefficient (Wildman–Crippen LogP) is 2.39. The number of carboxylic acid groups (broad SMARTS) is 1. The van der Waals surface area contributed by atoms with Crippen molar-refractivity contribution < 1.29 is 14.3 Å². The van der Waals surface area contributed by atoms with Crippen molar-refractivity contribution in [3.63, 3.8) is 0 Å². The molecule has 3 nitrogen and oxygen atoms in total. The molecule has 82 valence electrons. The van der Waals surface area contributed by atoms with Crippen molar-refractivity contribution in [3.05, 3.63) is 29.0 Å². The molecule has 0 atom stereocenters. The first-order chi connectivity index (χ1) is 7.04. The zero-order valence-corrected chi connectivity index (χ0v) is 8.96. The fourth-order valence-electron chi connectivity index (χ4n) is 1.23. The number of hydrogen-bond acceptors (Lipinski definition) is 2. The molecule has 0 amide bonds. The van der Waals surface area contributed by atoms with Crippen LogP contribution in [0.15, 0.2) is 18.2 Å². The second-order valence-electron chi connectivity index (χ2n) is 3.01. The lowest BCUT2D eigenvalue weighted by Gasteiger charge is -2.20. The molecule has 0 heterocycles. The lowest BCUT2D eigenvalue weighted by Crippen LogP contribution is -2.29. The number of hydrogen-bond donors (Lipinski definition) is 1. The van der Waals surface area contributed by atoms with Crippen molar-refractivity contribution in [2.45, 2.75) is 6.92 Å². The SMILES string of the molecule is CCN(CC(=O)O)c1ccc(F)c(Cl)c1. The maximum Gasteiger partial charge on any atom is 0.323 e. The first-order valence-corrected chi connectivity index (χ1v) is 4.84. The zero-order chi connectivity index (χ0) is 11.4. The van der Waals surface area contributed by atoms with Crippen LogP contribution in [0.25, 0.3) is 0 Å². The molecule has 1 rings (SSSR count). The number of carboxylic acids is 1. The van der Waals surface area contributed by atoms with E-state index in [-0.39, 0.29) is 11.6 Å². The van der Waals surface area contributed by atoms with Crippen LogP contribution >= 0.6 is 11.6 Å². The highest BCUT2D eigenvalue weighted by molar-refractivity contribution is 6.31. The summed E-state index contributed by atoms with van der Waals surface area (Å²) in [7, 11) is 0. The smallest absolute Gasteiger partial charge is 0.323 e. The van der Waals surface area contributed by atoms with Gasteiger partial charge in [-0.1, -0.05) is 11.6 Å². The van der Waals surface area contributed by atoms with Gasteiger partial charge in [-0.05, 0) is 25.1 Å². The number of nitrogens with zero attached hydrogens (tertiary/aromatic N) is 1. The molecule has 0 unspecified atom stereocenters. The quantitative estimate of drug-likeness (QED) is 0.865. The van der Waals surface area contributed by atoms with E-state index in [9.17, 15) is 9.18 Å². The summed E-state index contributed by atoms with van der Waals surface area (Å²) in [4.78, 5) is 12.1. The molecule has 0 radical (unpaired) electrons. The molecule has 0 aliphatic rings. The molecule has 0 aliphatic heterocycles. The highest BCUT2D eigenvalue weighted by Gasteiger charge is 2.10. The number of likely N-dealkylation sites (N-methyl/N-ethyl adjacent to an activating group) is 1. The highest BCUT2D eigenvalue weighted by atomic mass is 35.5. The van der Waals surface area contributed by atoms with Crippen LogP contribution in [0.2, 0.25) is 5.02 Å². The van der Waals surface area contributed by atoms with Gasteiger partial charge in [0.05, 0.1) is 5.02 Å². The molecular formula is C10H11ClFNO2. The van der Waals surface area contributed by atoms with Gasteiger partial charge in [-0.2, -0.15) is 0 Å². The van der Waals surface area contributed by atoms with Crippen molar-refractivity contribution in [2.75, 3.05) is 18.0 Å². The summed E-state index contributed by atoms with van der Waals surface area (Å²) in [6.45, 7) is 2.22. The third-order valence-corrected chi connectivity index (χ3v) is 2.27. The molecule has 0 fully saturated rings. The summed E-state index contributed by atoms with van der Waals surface area (Å²) in [5.41, 5.74) is 0.603. The van der Waals surface area contributed by atoms with Crippen LogP contribution in [0.3, 0.4) is 0 Å². The van der Waals surface area contributed by atoms with Gasteiger partial charge < -0.3 is 10.0 Å². The second-order valence-corrected chi connectivity index (χ2v) is 3.41. The van der Waals surface area contributed by atoms with E-state index in [4.69, 9.17) is 16.7 Å². The normalized spacial score (nSPS) is 10.1. The monoisotopic (exact) mass is 231 g/mol.